The van der Waals surface area contributed by atoms with Gasteiger partial charge in [0.2, 0.25) is 5.91 Å². The Labute approximate surface area is 170 Å². The van der Waals surface area contributed by atoms with Gasteiger partial charge in [-0.2, -0.15) is 0 Å². The molecular formula is C21H17F2N3O4. The summed E-state index contributed by atoms with van der Waals surface area (Å²) in [6.45, 7) is 1.25. The van der Waals surface area contributed by atoms with Gasteiger partial charge in [0.25, 0.3) is 0 Å². The maximum absolute atomic E-state index is 13.8. The minimum Gasteiger partial charge on any atom is -0.456 e. The van der Waals surface area contributed by atoms with Crippen LogP contribution in [0.15, 0.2) is 53.7 Å². The Balaban J connectivity index is 1.59. The molecule has 0 saturated carbocycles. The molecule has 1 atom stereocenters. The number of benzene rings is 2. The highest BCUT2D eigenvalue weighted by atomic mass is 19.1. The molecular weight excluding hydrogens is 396 g/mol. The van der Waals surface area contributed by atoms with Crippen LogP contribution in [0.5, 0.6) is 0 Å². The molecule has 0 saturated heterocycles. The summed E-state index contributed by atoms with van der Waals surface area (Å²) in [5.74, 6) is -2.87. The first-order valence-electron chi connectivity index (χ1n) is 9.13. The summed E-state index contributed by atoms with van der Waals surface area (Å²) in [6, 6.07) is 8.64. The SMILES string of the molecule is Cc1ccc([C@H]2NC(=O)N(CC(=O)Nc3cc(F)ccc3F)C3=C2C(=O)OC3)cc1. The van der Waals surface area contributed by atoms with E-state index in [1.165, 1.54) is 0 Å². The lowest BCUT2D eigenvalue weighted by Crippen LogP contribution is -2.49. The summed E-state index contributed by atoms with van der Waals surface area (Å²) in [5.41, 5.74) is 1.88. The van der Waals surface area contributed by atoms with Crippen LogP contribution < -0.4 is 10.6 Å². The number of hydrogen-bond donors (Lipinski definition) is 2. The van der Waals surface area contributed by atoms with Crippen LogP contribution in [0.25, 0.3) is 0 Å². The van der Waals surface area contributed by atoms with Crippen molar-refractivity contribution in [1.82, 2.24) is 10.2 Å². The fourth-order valence-electron chi connectivity index (χ4n) is 3.41. The molecule has 2 aromatic carbocycles. The Kier molecular flexibility index (Phi) is 4.94. The molecule has 2 aliphatic rings. The van der Waals surface area contributed by atoms with E-state index in [2.05, 4.69) is 10.6 Å². The van der Waals surface area contributed by atoms with Crippen LogP contribution >= 0.6 is 0 Å². The van der Waals surface area contributed by atoms with Crippen molar-refractivity contribution in [3.05, 3.63) is 76.5 Å². The summed E-state index contributed by atoms with van der Waals surface area (Å²) in [5, 5.41) is 4.94. The second kappa shape index (κ2) is 7.58. The third-order valence-corrected chi connectivity index (χ3v) is 4.91. The highest BCUT2D eigenvalue weighted by molar-refractivity contribution is 6.00. The van der Waals surface area contributed by atoms with Gasteiger partial charge in [0.15, 0.2) is 0 Å². The lowest BCUT2D eigenvalue weighted by Gasteiger charge is -2.32. The van der Waals surface area contributed by atoms with E-state index in [1.54, 1.807) is 12.1 Å². The molecule has 0 unspecified atom stereocenters. The largest absolute Gasteiger partial charge is 0.456 e. The van der Waals surface area contributed by atoms with Crippen LogP contribution in [-0.4, -0.2) is 36.0 Å². The molecule has 30 heavy (non-hydrogen) atoms. The zero-order valence-corrected chi connectivity index (χ0v) is 15.9. The van der Waals surface area contributed by atoms with Crippen molar-refractivity contribution in [2.45, 2.75) is 13.0 Å². The normalized spacial score (nSPS) is 18.1. The van der Waals surface area contributed by atoms with Gasteiger partial charge in [-0.1, -0.05) is 29.8 Å². The number of rotatable bonds is 4. The monoisotopic (exact) mass is 413 g/mol. The first-order chi connectivity index (χ1) is 14.3. The Bertz CT molecular complexity index is 1080. The maximum atomic E-state index is 13.8. The van der Waals surface area contributed by atoms with Crippen LogP contribution in [0.1, 0.15) is 17.2 Å². The van der Waals surface area contributed by atoms with E-state index in [9.17, 15) is 23.2 Å². The number of carbonyl (C=O) groups is 3. The van der Waals surface area contributed by atoms with Gasteiger partial charge in [-0.25, -0.2) is 18.4 Å². The van der Waals surface area contributed by atoms with Crippen molar-refractivity contribution in [2.24, 2.45) is 0 Å². The Morgan fingerprint density at radius 2 is 1.93 bits per heavy atom. The molecule has 4 rings (SSSR count). The number of nitrogens with one attached hydrogen (secondary N) is 2. The molecule has 3 amide bonds. The van der Waals surface area contributed by atoms with Crippen LogP contribution in [0.4, 0.5) is 19.3 Å². The molecule has 0 aliphatic carbocycles. The Morgan fingerprint density at radius 3 is 2.67 bits per heavy atom. The van der Waals surface area contributed by atoms with E-state index in [0.29, 0.717) is 5.56 Å². The smallest absolute Gasteiger partial charge is 0.338 e. The number of esters is 1. The molecule has 7 nitrogen and oxygen atoms in total. The topological polar surface area (TPSA) is 87.7 Å². The van der Waals surface area contributed by atoms with Crippen molar-refractivity contribution in [3.63, 3.8) is 0 Å². The Hall–Kier alpha value is -3.75. The summed E-state index contributed by atoms with van der Waals surface area (Å²) in [7, 11) is 0. The van der Waals surface area contributed by atoms with Gasteiger partial charge in [0.1, 0.15) is 24.8 Å². The summed E-state index contributed by atoms with van der Waals surface area (Å²) in [6.07, 6.45) is 0. The summed E-state index contributed by atoms with van der Waals surface area (Å²) in [4.78, 5) is 38.5. The molecule has 2 N–H and O–H groups in total. The molecule has 0 aromatic heterocycles. The van der Waals surface area contributed by atoms with E-state index < -0.39 is 42.1 Å². The standard InChI is InChI=1S/C21H17F2N3O4/c1-11-2-4-12(5-3-11)19-18-16(10-30-20(18)28)26(21(29)25-19)9-17(27)24-15-8-13(22)6-7-14(15)23/h2-8,19H,9-10H2,1H3,(H,24,27)(H,25,29)/t19-/m1/s1. The first-order valence-corrected chi connectivity index (χ1v) is 9.13. The molecule has 2 heterocycles. The van der Waals surface area contributed by atoms with E-state index in [1.807, 2.05) is 19.1 Å². The van der Waals surface area contributed by atoms with Gasteiger partial charge in [-0.3, -0.25) is 9.69 Å². The third kappa shape index (κ3) is 3.61. The molecule has 9 heteroatoms. The van der Waals surface area contributed by atoms with E-state index in [-0.39, 0.29) is 23.6 Å². The zero-order chi connectivity index (χ0) is 21.4. The number of amides is 3. The summed E-state index contributed by atoms with van der Waals surface area (Å²) < 4.78 is 32.2. The van der Waals surface area contributed by atoms with Crippen LogP contribution in [0.3, 0.4) is 0 Å². The zero-order valence-electron chi connectivity index (χ0n) is 15.9. The van der Waals surface area contributed by atoms with Crippen molar-refractivity contribution < 1.29 is 27.9 Å². The summed E-state index contributed by atoms with van der Waals surface area (Å²) >= 11 is 0. The number of ether oxygens (including phenoxy) is 1. The number of hydrogen-bond acceptors (Lipinski definition) is 4. The number of carbonyl (C=O) groups excluding carboxylic acids is 3. The van der Waals surface area contributed by atoms with E-state index in [4.69, 9.17) is 4.74 Å². The van der Waals surface area contributed by atoms with Gasteiger partial charge < -0.3 is 15.4 Å². The molecule has 2 aliphatic heterocycles. The second-order valence-electron chi connectivity index (χ2n) is 6.99. The van der Waals surface area contributed by atoms with Crippen LogP contribution in [0, 0.1) is 18.6 Å². The molecule has 2 aromatic rings. The lowest BCUT2D eigenvalue weighted by atomic mass is 9.95. The number of nitrogens with zero attached hydrogens (tertiary/aromatic N) is 1. The van der Waals surface area contributed by atoms with Crippen molar-refractivity contribution >= 4 is 23.6 Å². The highest BCUT2D eigenvalue weighted by Crippen LogP contribution is 2.35. The number of anilines is 1. The highest BCUT2D eigenvalue weighted by Gasteiger charge is 2.42. The van der Waals surface area contributed by atoms with E-state index >= 15 is 0 Å². The van der Waals surface area contributed by atoms with Crippen molar-refractivity contribution in [1.29, 1.82) is 0 Å². The number of cyclic esters (lactones) is 1. The fourth-order valence-corrected chi connectivity index (χ4v) is 3.41. The molecule has 0 bridgehead atoms. The van der Waals surface area contributed by atoms with Gasteiger partial charge in [-0.05, 0) is 24.6 Å². The number of urea groups is 1. The van der Waals surface area contributed by atoms with Crippen LogP contribution in [-0.2, 0) is 14.3 Å². The van der Waals surface area contributed by atoms with Gasteiger partial charge >= 0.3 is 12.0 Å². The van der Waals surface area contributed by atoms with Crippen molar-refractivity contribution in [2.75, 3.05) is 18.5 Å². The molecule has 0 fully saturated rings. The van der Waals surface area contributed by atoms with Gasteiger partial charge in [0, 0.05) is 6.07 Å². The minimum absolute atomic E-state index is 0.161. The average Bonchev–Trinajstić information content (AvgIpc) is 3.09. The van der Waals surface area contributed by atoms with Crippen LogP contribution in [0.2, 0.25) is 0 Å². The lowest BCUT2D eigenvalue weighted by molar-refractivity contribution is -0.136. The predicted molar refractivity (Wildman–Crippen MR) is 102 cm³/mol. The molecule has 154 valence electrons. The van der Waals surface area contributed by atoms with E-state index in [0.717, 1.165) is 28.7 Å². The minimum atomic E-state index is -0.813. The quantitative estimate of drug-likeness (QED) is 0.755. The number of halogens is 2. The molecule has 0 spiro atoms. The second-order valence-corrected chi connectivity index (χ2v) is 6.99. The van der Waals surface area contributed by atoms with Gasteiger partial charge in [0.05, 0.1) is 23.0 Å². The maximum Gasteiger partial charge on any atom is 0.338 e. The van der Waals surface area contributed by atoms with Gasteiger partial charge in [-0.15, -0.1) is 0 Å². The molecule has 0 radical (unpaired) electrons. The fraction of sp³-hybridized carbons (Fsp3) is 0.190. The third-order valence-electron chi connectivity index (χ3n) is 4.91. The predicted octanol–water partition coefficient (Wildman–Crippen LogP) is 2.79. The Morgan fingerprint density at radius 1 is 1.20 bits per heavy atom. The average molecular weight is 413 g/mol. The number of aryl methyl sites for hydroxylation is 1. The van der Waals surface area contributed by atoms with Crippen molar-refractivity contribution in [3.8, 4) is 0 Å². The first kappa shape index (κ1) is 19.6.